The molecular weight excluding hydrogens is 370 g/mol. The highest BCUT2D eigenvalue weighted by Gasteiger charge is 2.74. The molecule has 0 atom stereocenters. The molecule has 0 aromatic heterocycles. The molecule has 1 aliphatic carbocycles. The predicted molar refractivity (Wildman–Crippen MR) is 76.3 cm³/mol. The van der Waals surface area contributed by atoms with Crippen molar-refractivity contribution in [1.82, 2.24) is 0 Å². The first-order valence-electron chi connectivity index (χ1n) is 6.93. The van der Waals surface area contributed by atoms with Crippen molar-refractivity contribution in [3.63, 3.8) is 0 Å². The highest BCUT2D eigenvalue weighted by Crippen LogP contribution is 2.60. The zero-order valence-corrected chi connectivity index (χ0v) is 12.6. The number of carboxylic acids is 2. The van der Waals surface area contributed by atoms with Crippen LogP contribution < -0.4 is 0 Å². The molecule has 2 N–H and O–H groups in total. The summed E-state index contributed by atoms with van der Waals surface area (Å²) in [5.41, 5.74) is -7.08. The Bertz CT molecular complexity index is 786. The monoisotopic (exact) mass is 380 g/mol. The molecule has 0 heterocycles. The Morgan fingerprint density at radius 1 is 0.846 bits per heavy atom. The number of aromatic carboxylic acids is 1. The molecule has 4 nitrogen and oxygen atoms in total. The minimum absolute atomic E-state index is 0.0754. The molecule has 1 aromatic rings. The molecule has 0 spiro atoms. The van der Waals surface area contributed by atoms with Gasteiger partial charge in [-0.1, -0.05) is 24.3 Å². The van der Waals surface area contributed by atoms with E-state index in [0.717, 1.165) is 30.3 Å². The van der Waals surface area contributed by atoms with Gasteiger partial charge in [-0.2, -0.15) is 26.3 Å². The van der Waals surface area contributed by atoms with E-state index in [0.29, 0.717) is 0 Å². The van der Waals surface area contributed by atoms with Crippen LogP contribution >= 0.6 is 0 Å². The van der Waals surface area contributed by atoms with Gasteiger partial charge in [0.1, 0.15) is 0 Å². The molecule has 0 saturated carbocycles. The van der Waals surface area contributed by atoms with Crippen LogP contribution in [0.2, 0.25) is 0 Å². The molecule has 0 saturated heterocycles. The van der Waals surface area contributed by atoms with E-state index in [1.54, 1.807) is 0 Å². The summed E-state index contributed by atoms with van der Waals surface area (Å²) < 4.78 is 80.6. The lowest BCUT2D eigenvalue weighted by atomic mass is 9.69. The summed E-state index contributed by atoms with van der Waals surface area (Å²) in [6, 6.07) is 4.17. The van der Waals surface area contributed by atoms with Crippen LogP contribution in [-0.2, 0) is 4.79 Å². The number of allylic oxidation sites excluding steroid dienone is 3. The van der Waals surface area contributed by atoms with Crippen LogP contribution in [0.5, 0.6) is 0 Å². The van der Waals surface area contributed by atoms with E-state index < -0.39 is 47.3 Å². The van der Waals surface area contributed by atoms with E-state index in [1.807, 2.05) is 0 Å². The number of hydrogen-bond donors (Lipinski definition) is 2. The lowest BCUT2D eigenvalue weighted by Crippen LogP contribution is -2.53. The minimum atomic E-state index is -5.91. The fourth-order valence-electron chi connectivity index (χ4n) is 2.71. The van der Waals surface area contributed by atoms with Crippen molar-refractivity contribution in [2.45, 2.75) is 18.8 Å². The second kappa shape index (κ2) is 6.19. The average molecular weight is 380 g/mol. The molecule has 0 unspecified atom stereocenters. The maximum atomic E-state index is 13.4. The summed E-state index contributed by atoms with van der Waals surface area (Å²) in [5, 5.41) is 17.7. The van der Waals surface area contributed by atoms with Crippen molar-refractivity contribution in [2.75, 3.05) is 0 Å². The van der Waals surface area contributed by atoms with Gasteiger partial charge < -0.3 is 10.2 Å². The molecule has 0 amide bonds. The molecule has 0 aliphatic heterocycles. The van der Waals surface area contributed by atoms with E-state index in [-0.39, 0.29) is 17.2 Å². The quantitative estimate of drug-likeness (QED) is 0.767. The van der Waals surface area contributed by atoms with Crippen LogP contribution in [0, 0.1) is 5.41 Å². The average Bonchev–Trinajstić information content (AvgIpc) is 2.52. The molecular formula is C16H10F6O4. The second-order valence-corrected chi connectivity index (χ2v) is 5.54. The zero-order chi connectivity index (χ0) is 19.9. The summed E-state index contributed by atoms with van der Waals surface area (Å²) in [5.74, 6) is -3.64. The van der Waals surface area contributed by atoms with E-state index in [4.69, 9.17) is 10.2 Å². The van der Waals surface area contributed by atoms with Gasteiger partial charge in [-0.25, -0.2) is 9.59 Å². The summed E-state index contributed by atoms with van der Waals surface area (Å²) in [4.78, 5) is 21.8. The normalized spacial score (nSPS) is 17.3. The Labute approximate surface area is 142 Å². The van der Waals surface area contributed by atoms with Crippen LogP contribution in [-0.4, -0.2) is 34.5 Å². The Kier molecular flexibility index (Phi) is 4.65. The molecule has 10 heteroatoms. The van der Waals surface area contributed by atoms with Crippen LogP contribution in [0.15, 0.2) is 42.0 Å². The van der Waals surface area contributed by atoms with Gasteiger partial charge in [0.25, 0.3) is 0 Å². The van der Waals surface area contributed by atoms with Crippen LogP contribution in [0.1, 0.15) is 22.3 Å². The van der Waals surface area contributed by atoms with Crippen molar-refractivity contribution >= 4 is 17.5 Å². The smallest absolute Gasteiger partial charge is 0.407 e. The van der Waals surface area contributed by atoms with Gasteiger partial charge in [0, 0.05) is 6.42 Å². The van der Waals surface area contributed by atoms with Crippen LogP contribution in [0.3, 0.4) is 0 Å². The van der Waals surface area contributed by atoms with E-state index >= 15 is 0 Å². The number of alkyl halides is 6. The van der Waals surface area contributed by atoms with Crippen LogP contribution in [0.4, 0.5) is 26.3 Å². The number of carboxylic acid groups (broad SMARTS) is 2. The Morgan fingerprint density at radius 3 is 1.73 bits per heavy atom. The van der Waals surface area contributed by atoms with Gasteiger partial charge in [-0.15, -0.1) is 0 Å². The number of carbonyl (C=O) groups is 2. The molecule has 2 rings (SSSR count). The predicted octanol–water partition coefficient (Wildman–Crippen LogP) is 4.29. The SMILES string of the molecule is O=C(O)C1=CC=C(c2ccc(C(=O)O)cc2)CC1(C(F)(F)F)C(F)(F)F. The van der Waals surface area contributed by atoms with E-state index in [2.05, 4.69) is 0 Å². The molecule has 1 aliphatic rings. The van der Waals surface area contributed by atoms with Gasteiger partial charge in [-0.05, 0) is 23.3 Å². The molecule has 26 heavy (non-hydrogen) atoms. The summed E-state index contributed by atoms with van der Waals surface area (Å²) in [7, 11) is 0. The maximum absolute atomic E-state index is 13.4. The lowest BCUT2D eigenvalue weighted by molar-refractivity contribution is -0.324. The third kappa shape index (κ3) is 3.06. The summed E-state index contributed by atoms with van der Waals surface area (Å²) in [6.07, 6.45) is -12.3. The van der Waals surface area contributed by atoms with Gasteiger partial charge in [-0.3, -0.25) is 0 Å². The van der Waals surface area contributed by atoms with Crippen LogP contribution in [0.25, 0.3) is 5.57 Å². The molecule has 0 radical (unpaired) electrons. The van der Waals surface area contributed by atoms with Gasteiger partial charge in [0.15, 0.2) is 5.41 Å². The molecule has 1 aromatic carbocycles. The number of rotatable bonds is 3. The van der Waals surface area contributed by atoms with Crippen molar-refractivity contribution in [3.05, 3.63) is 53.1 Å². The van der Waals surface area contributed by atoms with Gasteiger partial charge >= 0.3 is 24.3 Å². The third-order valence-electron chi connectivity index (χ3n) is 4.07. The summed E-state index contributed by atoms with van der Waals surface area (Å²) in [6.45, 7) is 0. The third-order valence-corrected chi connectivity index (χ3v) is 4.07. The molecule has 0 bridgehead atoms. The van der Waals surface area contributed by atoms with E-state index in [1.165, 1.54) is 0 Å². The molecule has 0 fully saturated rings. The van der Waals surface area contributed by atoms with Gasteiger partial charge in [0.05, 0.1) is 11.1 Å². The van der Waals surface area contributed by atoms with E-state index in [9.17, 15) is 35.9 Å². The fourth-order valence-corrected chi connectivity index (χ4v) is 2.71. The standard InChI is InChI=1S/C16H10F6O4/c17-15(18,19)14(16(20,21)22)7-10(5-6-11(14)13(25)26)8-1-3-9(4-2-8)12(23)24/h1-6H,7H2,(H,23,24)(H,25,26). The number of hydrogen-bond acceptors (Lipinski definition) is 2. The zero-order valence-electron chi connectivity index (χ0n) is 12.6. The highest BCUT2D eigenvalue weighted by atomic mass is 19.4. The Balaban J connectivity index is 2.63. The number of benzene rings is 1. The number of aliphatic carboxylic acids is 1. The first kappa shape index (κ1) is 19.5. The lowest BCUT2D eigenvalue weighted by Gasteiger charge is -2.40. The van der Waals surface area contributed by atoms with Crippen molar-refractivity contribution < 1.29 is 46.1 Å². The number of halogens is 6. The second-order valence-electron chi connectivity index (χ2n) is 5.54. The summed E-state index contributed by atoms with van der Waals surface area (Å²) >= 11 is 0. The first-order chi connectivity index (χ1) is 11.8. The van der Waals surface area contributed by atoms with Gasteiger partial charge in [0.2, 0.25) is 0 Å². The fraction of sp³-hybridized carbons (Fsp3) is 0.250. The maximum Gasteiger partial charge on any atom is 0.407 e. The minimum Gasteiger partial charge on any atom is -0.478 e. The van der Waals surface area contributed by atoms with Crippen molar-refractivity contribution in [1.29, 1.82) is 0 Å². The van der Waals surface area contributed by atoms with Crippen molar-refractivity contribution in [3.8, 4) is 0 Å². The van der Waals surface area contributed by atoms with Crippen molar-refractivity contribution in [2.24, 2.45) is 5.41 Å². The Morgan fingerprint density at radius 2 is 1.35 bits per heavy atom. The largest absolute Gasteiger partial charge is 0.478 e. The molecule has 140 valence electrons. The first-order valence-corrected chi connectivity index (χ1v) is 6.93. The topological polar surface area (TPSA) is 74.6 Å². The highest BCUT2D eigenvalue weighted by molar-refractivity contribution is 5.92. The Hall–Kier alpha value is -2.78.